The Hall–Kier alpha value is -6.10. The Morgan fingerprint density at radius 2 is 1.04 bits per heavy atom. The minimum Gasteiger partial charge on any atom is -0.308 e. The first-order valence-electron chi connectivity index (χ1n) is 15.5. The molecule has 0 radical (unpaired) electrons. The Balaban J connectivity index is 1.77. The van der Waals surface area contributed by atoms with Gasteiger partial charge in [0.05, 0.1) is 51.6 Å². The van der Waals surface area contributed by atoms with Gasteiger partial charge in [-0.25, -0.2) is 4.85 Å². The monoisotopic (exact) mass is 590 g/mol. The lowest BCUT2D eigenvalue weighted by atomic mass is 9.95. The number of rotatable bonds is 3. The molecule has 0 saturated carbocycles. The van der Waals surface area contributed by atoms with Crippen LogP contribution in [0.15, 0.2) is 109 Å². The number of aryl methyl sites for hydroxylation is 4. The van der Waals surface area contributed by atoms with Crippen molar-refractivity contribution in [2.45, 2.75) is 27.7 Å². The highest BCUT2D eigenvalue weighted by molar-refractivity contribution is 6.26. The van der Waals surface area contributed by atoms with Crippen LogP contribution in [0.3, 0.4) is 0 Å². The Morgan fingerprint density at radius 3 is 1.50 bits per heavy atom. The van der Waals surface area contributed by atoms with E-state index < -0.39 is 0 Å². The minimum absolute atomic E-state index is 0.518. The topological polar surface area (TPSA) is 38.0 Å². The second-order valence-electron chi connectivity index (χ2n) is 12.2. The highest BCUT2D eigenvalue weighted by Crippen LogP contribution is 2.49. The first-order chi connectivity index (χ1) is 22.4. The summed E-state index contributed by atoms with van der Waals surface area (Å²) < 4.78 is 4.78. The van der Waals surface area contributed by atoms with Crippen molar-refractivity contribution in [3.63, 3.8) is 0 Å². The third-order valence-corrected chi connectivity index (χ3v) is 9.43. The summed E-state index contributed by atoms with van der Waals surface area (Å²) in [5.74, 6) is 0. The number of fused-ring (bicyclic) bond motifs is 6. The predicted molar refractivity (Wildman–Crippen MR) is 190 cm³/mol. The molecule has 4 nitrogen and oxygen atoms in total. The number of nitriles is 1. The van der Waals surface area contributed by atoms with Crippen LogP contribution in [0.1, 0.15) is 27.8 Å². The molecule has 46 heavy (non-hydrogen) atoms. The maximum Gasteiger partial charge on any atom is 0.195 e. The van der Waals surface area contributed by atoms with E-state index in [1.54, 1.807) is 12.1 Å². The zero-order valence-electron chi connectivity index (χ0n) is 26.2. The van der Waals surface area contributed by atoms with E-state index in [1.807, 2.05) is 6.07 Å². The summed E-state index contributed by atoms with van der Waals surface area (Å²) in [5, 5.41) is 14.6. The van der Waals surface area contributed by atoms with Gasteiger partial charge in [-0.15, -0.1) is 0 Å². The molecule has 0 aliphatic heterocycles. The van der Waals surface area contributed by atoms with E-state index in [1.165, 1.54) is 22.3 Å². The van der Waals surface area contributed by atoms with Crippen LogP contribution < -0.4 is 0 Å². The van der Waals surface area contributed by atoms with Crippen molar-refractivity contribution in [1.29, 1.82) is 5.26 Å². The van der Waals surface area contributed by atoms with Crippen LogP contribution in [0.25, 0.3) is 71.0 Å². The molecule has 8 rings (SSSR count). The van der Waals surface area contributed by atoms with Gasteiger partial charge in [-0.05, 0) is 79.8 Å². The van der Waals surface area contributed by atoms with Gasteiger partial charge in [0.15, 0.2) is 5.69 Å². The molecule has 0 amide bonds. The van der Waals surface area contributed by atoms with E-state index in [2.05, 4.69) is 139 Å². The summed E-state index contributed by atoms with van der Waals surface area (Å²) in [6.45, 7) is 16.9. The van der Waals surface area contributed by atoms with Crippen molar-refractivity contribution < 1.29 is 0 Å². The molecule has 0 N–H and O–H groups in total. The number of benzene rings is 6. The summed E-state index contributed by atoms with van der Waals surface area (Å²) in [4.78, 5) is 4.04. The van der Waals surface area contributed by atoms with Crippen molar-refractivity contribution in [1.82, 2.24) is 9.13 Å². The lowest BCUT2D eigenvalue weighted by molar-refractivity contribution is 1.11. The summed E-state index contributed by atoms with van der Waals surface area (Å²) in [6.07, 6.45) is 0. The van der Waals surface area contributed by atoms with Crippen LogP contribution in [0.5, 0.6) is 0 Å². The summed E-state index contributed by atoms with van der Waals surface area (Å²) in [6, 6.07) is 40.2. The molecule has 8 aromatic rings. The van der Waals surface area contributed by atoms with Gasteiger partial charge in [-0.3, -0.25) is 0 Å². The molecular formula is C42H30N4. The van der Waals surface area contributed by atoms with Gasteiger partial charge in [0.1, 0.15) is 0 Å². The summed E-state index contributed by atoms with van der Waals surface area (Å²) >= 11 is 0. The molecule has 0 aliphatic carbocycles. The van der Waals surface area contributed by atoms with Gasteiger partial charge in [-0.2, -0.15) is 5.26 Å². The number of aromatic nitrogens is 2. The van der Waals surface area contributed by atoms with Crippen molar-refractivity contribution in [2.75, 3.05) is 0 Å². The normalized spacial score (nSPS) is 11.4. The fraction of sp³-hybridized carbons (Fsp3) is 0.0952. The first-order valence-corrected chi connectivity index (χ1v) is 15.5. The molecule has 0 spiro atoms. The minimum atomic E-state index is 0.518. The van der Waals surface area contributed by atoms with Crippen molar-refractivity contribution in [2.24, 2.45) is 0 Å². The number of hydrogen-bond donors (Lipinski definition) is 0. The highest BCUT2D eigenvalue weighted by Gasteiger charge is 2.27. The van der Waals surface area contributed by atoms with Crippen molar-refractivity contribution >= 4 is 49.3 Å². The number of nitrogens with zero attached hydrogens (tertiary/aromatic N) is 4. The van der Waals surface area contributed by atoms with Crippen LogP contribution in [0.4, 0.5) is 5.69 Å². The molecule has 0 unspecified atom stereocenters. The van der Waals surface area contributed by atoms with E-state index in [9.17, 15) is 5.26 Å². The molecule has 218 valence electrons. The maximum absolute atomic E-state index is 10.1. The molecule has 2 aromatic heterocycles. The Bertz CT molecular complexity index is 2470. The van der Waals surface area contributed by atoms with E-state index in [0.29, 0.717) is 11.3 Å². The second kappa shape index (κ2) is 10.2. The Morgan fingerprint density at radius 1 is 0.565 bits per heavy atom. The molecule has 0 atom stereocenters. The van der Waals surface area contributed by atoms with Crippen LogP contribution in [0.2, 0.25) is 0 Å². The quantitative estimate of drug-likeness (QED) is 0.189. The van der Waals surface area contributed by atoms with Gasteiger partial charge in [0.25, 0.3) is 0 Å². The molecule has 0 aliphatic rings. The van der Waals surface area contributed by atoms with E-state index in [-0.39, 0.29) is 0 Å². The molecular weight excluding hydrogens is 560 g/mol. The highest BCUT2D eigenvalue weighted by atomic mass is 15.0. The third-order valence-electron chi connectivity index (χ3n) is 9.43. The predicted octanol–water partition coefficient (Wildman–Crippen LogP) is 11.2. The molecule has 4 heteroatoms. The molecule has 0 bridgehead atoms. The summed E-state index contributed by atoms with van der Waals surface area (Å²) in [7, 11) is 0. The SMILES string of the molecule is [C-]#[N+]c1ccc(C#N)cc1-c1c2c(cc3c4ccccc4n(-c4c(C)cccc4C)c13)c1ccccc1n2-c1c(C)cccc1C. The third kappa shape index (κ3) is 3.78. The average Bonchev–Trinajstić information content (AvgIpc) is 3.56. The van der Waals surface area contributed by atoms with Gasteiger partial charge in [-0.1, -0.05) is 84.9 Å². The smallest absolute Gasteiger partial charge is 0.195 e. The van der Waals surface area contributed by atoms with E-state index in [0.717, 1.165) is 66.1 Å². The standard InChI is InChI=1S/C42H30N4/c1-25-12-10-13-26(2)39(25)45-36-18-8-6-16-30(36)32-23-33-31-17-7-9-19-37(31)46(40-27(3)14-11-15-28(40)4)42(33)38(41(32)45)34-22-29(24-43)20-21-35(34)44-5/h6-23H,1-4H3. The molecule has 2 heterocycles. The second-order valence-corrected chi connectivity index (χ2v) is 12.2. The fourth-order valence-electron chi connectivity index (χ4n) is 7.51. The van der Waals surface area contributed by atoms with Crippen LogP contribution in [0, 0.1) is 45.6 Å². The summed E-state index contributed by atoms with van der Waals surface area (Å²) in [5.41, 5.74) is 13.9. The zero-order valence-corrected chi connectivity index (χ0v) is 26.2. The van der Waals surface area contributed by atoms with Crippen LogP contribution >= 0.6 is 0 Å². The number of hydrogen-bond acceptors (Lipinski definition) is 1. The van der Waals surface area contributed by atoms with E-state index >= 15 is 0 Å². The molecule has 0 fully saturated rings. The number of para-hydroxylation sites is 4. The first kappa shape index (κ1) is 27.4. The fourth-order valence-corrected chi connectivity index (χ4v) is 7.51. The van der Waals surface area contributed by atoms with Crippen LogP contribution in [-0.4, -0.2) is 9.13 Å². The Kier molecular flexibility index (Phi) is 6.11. The van der Waals surface area contributed by atoms with Gasteiger partial charge in [0.2, 0.25) is 0 Å². The zero-order chi connectivity index (χ0) is 31.7. The van der Waals surface area contributed by atoms with Crippen LogP contribution in [-0.2, 0) is 0 Å². The van der Waals surface area contributed by atoms with Crippen molar-refractivity contribution in [3.8, 4) is 28.6 Å². The van der Waals surface area contributed by atoms with E-state index in [4.69, 9.17) is 6.57 Å². The molecule has 0 saturated heterocycles. The van der Waals surface area contributed by atoms with Gasteiger partial charge in [0, 0.05) is 27.1 Å². The lowest BCUT2D eigenvalue weighted by Gasteiger charge is -2.20. The van der Waals surface area contributed by atoms with Gasteiger partial charge < -0.3 is 9.13 Å². The largest absolute Gasteiger partial charge is 0.308 e. The lowest BCUT2D eigenvalue weighted by Crippen LogP contribution is -2.04. The van der Waals surface area contributed by atoms with Gasteiger partial charge >= 0.3 is 0 Å². The van der Waals surface area contributed by atoms with Crippen molar-refractivity contribution in [3.05, 3.63) is 148 Å². The Labute approximate surface area is 267 Å². The molecule has 6 aromatic carbocycles. The average molecular weight is 591 g/mol. The maximum atomic E-state index is 10.1.